The lowest BCUT2D eigenvalue weighted by Crippen LogP contribution is -2.41. The van der Waals surface area contributed by atoms with Gasteiger partial charge < -0.3 is 14.8 Å². The standard InChI is InChI=1S/C16H19N5O2/c1-3-14(22)17-9-12-10-20(15-4-6-18-21(15)11-12)13-5-7-19(2)16(23)8-13/h3-8,12H,1,9-11H2,2H3,(H,17,22). The molecule has 2 aromatic rings. The molecular formula is C16H19N5O2. The number of carbonyl (C=O) groups excluding carboxylic acids is 1. The number of rotatable bonds is 4. The van der Waals surface area contributed by atoms with Crippen LogP contribution in [0.25, 0.3) is 0 Å². The van der Waals surface area contributed by atoms with Crippen LogP contribution < -0.4 is 15.8 Å². The summed E-state index contributed by atoms with van der Waals surface area (Å²) in [6.07, 6.45) is 4.76. The van der Waals surface area contributed by atoms with E-state index in [1.807, 2.05) is 16.8 Å². The molecule has 2 aromatic heterocycles. The third kappa shape index (κ3) is 3.03. The Labute approximate surface area is 133 Å². The predicted octanol–water partition coefficient (Wildman–Crippen LogP) is 0.652. The van der Waals surface area contributed by atoms with Gasteiger partial charge in [-0.15, -0.1) is 0 Å². The highest BCUT2D eigenvalue weighted by Gasteiger charge is 2.26. The molecule has 1 unspecified atom stereocenters. The first-order chi connectivity index (χ1) is 11.1. The van der Waals surface area contributed by atoms with Crippen LogP contribution in [0, 0.1) is 5.92 Å². The molecule has 7 heteroatoms. The molecule has 0 saturated carbocycles. The van der Waals surface area contributed by atoms with E-state index in [0.717, 1.165) is 18.1 Å². The molecule has 3 heterocycles. The van der Waals surface area contributed by atoms with Crippen molar-refractivity contribution in [2.75, 3.05) is 18.0 Å². The Morgan fingerprint density at radius 2 is 2.30 bits per heavy atom. The summed E-state index contributed by atoms with van der Waals surface area (Å²) in [6, 6.07) is 5.45. The van der Waals surface area contributed by atoms with Crippen molar-refractivity contribution in [3.8, 4) is 0 Å². The first-order valence-corrected chi connectivity index (χ1v) is 7.45. The fourth-order valence-electron chi connectivity index (χ4n) is 2.74. The van der Waals surface area contributed by atoms with Gasteiger partial charge in [0, 0.05) is 56.6 Å². The van der Waals surface area contributed by atoms with E-state index in [4.69, 9.17) is 0 Å². The smallest absolute Gasteiger partial charge is 0.252 e. The second-order valence-corrected chi connectivity index (χ2v) is 5.63. The van der Waals surface area contributed by atoms with E-state index in [2.05, 4.69) is 21.9 Å². The fraction of sp³-hybridized carbons (Fsp3) is 0.312. The molecule has 1 N–H and O–H groups in total. The number of hydrogen-bond donors (Lipinski definition) is 1. The van der Waals surface area contributed by atoms with Gasteiger partial charge in [-0.3, -0.25) is 9.59 Å². The van der Waals surface area contributed by atoms with E-state index in [1.54, 1.807) is 25.5 Å². The summed E-state index contributed by atoms with van der Waals surface area (Å²) in [5.41, 5.74) is 0.769. The van der Waals surface area contributed by atoms with Crippen LogP contribution in [-0.4, -0.2) is 33.3 Å². The Balaban J connectivity index is 1.87. The van der Waals surface area contributed by atoms with Gasteiger partial charge in [0.1, 0.15) is 5.82 Å². The topological polar surface area (TPSA) is 72.2 Å². The molecule has 0 aliphatic carbocycles. The first-order valence-electron chi connectivity index (χ1n) is 7.45. The number of anilines is 2. The molecule has 0 radical (unpaired) electrons. The maximum atomic E-state index is 11.9. The van der Waals surface area contributed by atoms with Crippen LogP contribution in [0.1, 0.15) is 0 Å². The number of nitrogens with one attached hydrogen (secondary N) is 1. The number of pyridine rings is 1. The lowest BCUT2D eigenvalue weighted by atomic mass is 10.1. The maximum absolute atomic E-state index is 11.9. The molecule has 1 aliphatic rings. The van der Waals surface area contributed by atoms with E-state index in [1.165, 1.54) is 10.6 Å². The summed E-state index contributed by atoms with van der Waals surface area (Å²) in [6.45, 7) is 5.42. The van der Waals surface area contributed by atoms with Crippen LogP contribution in [0.15, 0.2) is 48.0 Å². The number of aromatic nitrogens is 3. The average Bonchev–Trinajstić information content (AvgIpc) is 3.02. The van der Waals surface area contributed by atoms with Crippen molar-refractivity contribution >= 4 is 17.4 Å². The van der Waals surface area contributed by atoms with E-state index in [-0.39, 0.29) is 17.4 Å². The van der Waals surface area contributed by atoms with Crippen molar-refractivity contribution in [1.29, 1.82) is 0 Å². The number of hydrogen-bond acceptors (Lipinski definition) is 4. The monoisotopic (exact) mass is 313 g/mol. The zero-order chi connectivity index (χ0) is 16.4. The number of nitrogens with zero attached hydrogens (tertiary/aromatic N) is 4. The zero-order valence-electron chi connectivity index (χ0n) is 13.0. The summed E-state index contributed by atoms with van der Waals surface area (Å²) >= 11 is 0. The molecule has 1 aliphatic heterocycles. The van der Waals surface area contributed by atoms with Crippen molar-refractivity contribution in [2.45, 2.75) is 6.54 Å². The fourth-order valence-corrected chi connectivity index (χ4v) is 2.74. The summed E-state index contributed by atoms with van der Waals surface area (Å²) in [5, 5.41) is 7.16. The zero-order valence-corrected chi connectivity index (χ0v) is 13.0. The Kier molecular flexibility index (Phi) is 4.01. The van der Waals surface area contributed by atoms with Crippen molar-refractivity contribution in [1.82, 2.24) is 19.7 Å². The van der Waals surface area contributed by atoms with Gasteiger partial charge in [-0.25, -0.2) is 4.68 Å². The number of fused-ring (bicyclic) bond motifs is 1. The van der Waals surface area contributed by atoms with Crippen molar-refractivity contribution in [3.05, 3.63) is 53.6 Å². The van der Waals surface area contributed by atoms with Crippen molar-refractivity contribution < 1.29 is 4.79 Å². The second-order valence-electron chi connectivity index (χ2n) is 5.63. The number of carbonyl (C=O) groups is 1. The minimum atomic E-state index is -0.184. The van der Waals surface area contributed by atoms with Gasteiger partial charge in [-0.1, -0.05) is 6.58 Å². The van der Waals surface area contributed by atoms with Crippen LogP contribution in [0.3, 0.4) is 0 Å². The molecule has 3 rings (SSSR count). The number of amides is 1. The van der Waals surface area contributed by atoms with Gasteiger partial charge in [0.05, 0.1) is 6.20 Å². The SMILES string of the molecule is C=CC(=O)NCC1CN(c2ccn(C)c(=O)c2)c2ccnn2C1. The molecule has 1 amide bonds. The Bertz CT molecular complexity index is 792. The van der Waals surface area contributed by atoms with Gasteiger partial charge in [0.2, 0.25) is 5.91 Å². The third-order valence-electron chi connectivity index (χ3n) is 3.99. The van der Waals surface area contributed by atoms with E-state index >= 15 is 0 Å². The Hall–Kier alpha value is -2.83. The normalized spacial score (nSPS) is 16.7. The first kappa shape index (κ1) is 15.1. The largest absolute Gasteiger partial charge is 0.352 e. The highest BCUT2D eigenvalue weighted by atomic mass is 16.1. The molecule has 120 valence electrons. The molecule has 1 atom stereocenters. The van der Waals surface area contributed by atoms with Gasteiger partial charge >= 0.3 is 0 Å². The van der Waals surface area contributed by atoms with Gasteiger partial charge in [-0.05, 0) is 12.1 Å². The third-order valence-corrected chi connectivity index (χ3v) is 3.99. The molecular weight excluding hydrogens is 294 g/mol. The van der Waals surface area contributed by atoms with Crippen LogP contribution in [-0.2, 0) is 18.4 Å². The molecule has 0 fully saturated rings. The minimum absolute atomic E-state index is 0.0596. The van der Waals surface area contributed by atoms with Crippen LogP contribution >= 0.6 is 0 Å². The lowest BCUT2D eigenvalue weighted by molar-refractivity contribution is -0.116. The van der Waals surface area contributed by atoms with Gasteiger partial charge in [0.15, 0.2) is 0 Å². The highest BCUT2D eigenvalue weighted by Crippen LogP contribution is 2.29. The van der Waals surface area contributed by atoms with Crippen LogP contribution in [0.4, 0.5) is 11.5 Å². The van der Waals surface area contributed by atoms with Crippen LogP contribution in [0.2, 0.25) is 0 Å². The molecule has 0 aromatic carbocycles. The Morgan fingerprint density at radius 3 is 3.04 bits per heavy atom. The Morgan fingerprint density at radius 1 is 1.48 bits per heavy atom. The molecule has 0 spiro atoms. The van der Waals surface area contributed by atoms with Crippen molar-refractivity contribution in [3.63, 3.8) is 0 Å². The number of aryl methyl sites for hydroxylation is 1. The molecule has 0 saturated heterocycles. The summed E-state index contributed by atoms with van der Waals surface area (Å²) in [7, 11) is 1.72. The van der Waals surface area contributed by atoms with E-state index in [0.29, 0.717) is 13.1 Å². The quantitative estimate of drug-likeness (QED) is 0.841. The maximum Gasteiger partial charge on any atom is 0.252 e. The van der Waals surface area contributed by atoms with E-state index < -0.39 is 0 Å². The lowest BCUT2D eigenvalue weighted by Gasteiger charge is -2.34. The predicted molar refractivity (Wildman–Crippen MR) is 87.6 cm³/mol. The molecule has 23 heavy (non-hydrogen) atoms. The summed E-state index contributed by atoms with van der Waals surface area (Å²) < 4.78 is 3.43. The minimum Gasteiger partial charge on any atom is -0.352 e. The summed E-state index contributed by atoms with van der Waals surface area (Å²) in [5.74, 6) is 0.955. The molecule has 7 nitrogen and oxygen atoms in total. The summed E-state index contributed by atoms with van der Waals surface area (Å²) in [4.78, 5) is 25.3. The van der Waals surface area contributed by atoms with Crippen molar-refractivity contribution in [2.24, 2.45) is 13.0 Å². The van der Waals surface area contributed by atoms with E-state index in [9.17, 15) is 9.59 Å². The van der Waals surface area contributed by atoms with Crippen LogP contribution in [0.5, 0.6) is 0 Å². The second kappa shape index (κ2) is 6.12. The van der Waals surface area contributed by atoms with Gasteiger partial charge in [0.25, 0.3) is 5.56 Å². The highest BCUT2D eigenvalue weighted by molar-refractivity contribution is 5.86. The van der Waals surface area contributed by atoms with Gasteiger partial charge in [-0.2, -0.15) is 5.10 Å². The average molecular weight is 313 g/mol. The molecule has 0 bridgehead atoms.